The highest BCUT2D eigenvalue weighted by Gasteiger charge is 2.28. The zero-order valence-electron chi connectivity index (χ0n) is 27.9. The van der Waals surface area contributed by atoms with E-state index >= 15 is 0 Å². The highest BCUT2D eigenvalue weighted by atomic mass is 16.5. The second kappa shape index (κ2) is 13.0. The van der Waals surface area contributed by atoms with E-state index in [1.54, 1.807) is 0 Å². The van der Waals surface area contributed by atoms with Crippen LogP contribution in [0.3, 0.4) is 0 Å². The first-order valence-corrected chi connectivity index (χ1v) is 15.9. The van der Waals surface area contributed by atoms with Crippen LogP contribution in [0.25, 0.3) is 0 Å². The second-order valence-electron chi connectivity index (χ2n) is 14.6. The lowest BCUT2D eigenvalue weighted by atomic mass is 9.79. The molecule has 1 saturated carbocycles. The number of aryl methyl sites for hydroxylation is 3. The molecule has 0 atom stereocenters. The Labute approximate surface area is 259 Å². The Bertz CT molecular complexity index is 1360. The number of nitrogens with one attached hydrogen (secondary N) is 1. The minimum absolute atomic E-state index is 0.0317. The van der Waals surface area contributed by atoms with Gasteiger partial charge in [0.1, 0.15) is 17.2 Å². The first-order valence-electron chi connectivity index (χ1n) is 15.9. The third kappa shape index (κ3) is 8.13. The molecule has 0 aromatic heterocycles. The van der Waals surface area contributed by atoms with Gasteiger partial charge in [0.25, 0.3) is 0 Å². The minimum atomic E-state index is -0.231. The van der Waals surface area contributed by atoms with E-state index in [-0.39, 0.29) is 22.9 Å². The quantitative estimate of drug-likeness (QED) is 0.283. The highest BCUT2D eigenvalue weighted by molar-refractivity contribution is 5.91. The number of urea groups is 1. The Hall–Kier alpha value is -3.47. The van der Waals surface area contributed by atoms with Gasteiger partial charge in [-0.25, -0.2) is 4.79 Å². The van der Waals surface area contributed by atoms with Crippen LogP contribution < -0.4 is 10.1 Å². The van der Waals surface area contributed by atoms with E-state index in [4.69, 9.17) is 4.74 Å². The van der Waals surface area contributed by atoms with Gasteiger partial charge in [0.2, 0.25) is 0 Å². The predicted molar refractivity (Wildman–Crippen MR) is 179 cm³/mol. The summed E-state index contributed by atoms with van der Waals surface area (Å²) in [6.45, 7) is 19.4. The van der Waals surface area contributed by atoms with Gasteiger partial charge in [-0.15, -0.1) is 0 Å². The number of phenolic OH excluding ortho intramolecular Hbond substituents is 1. The van der Waals surface area contributed by atoms with Crippen LogP contribution in [0.4, 0.5) is 10.5 Å². The fraction of sp³-hybridized carbons (Fsp3) is 0.500. The van der Waals surface area contributed by atoms with Crippen molar-refractivity contribution in [3.63, 3.8) is 0 Å². The molecule has 1 aliphatic carbocycles. The topological polar surface area (TPSA) is 61.8 Å². The number of aromatic hydroxyl groups is 1. The van der Waals surface area contributed by atoms with Crippen molar-refractivity contribution in [2.45, 2.75) is 124 Å². The molecule has 5 nitrogen and oxygen atoms in total. The summed E-state index contributed by atoms with van der Waals surface area (Å²) in [5, 5.41) is 14.4. The zero-order valence-corrected chi connectivity index (χ0v) is 27.9. The van der Waals surface area contributed by atoms with Gasteiger partial charge in [0, 0.05) is 29.4 Å². The van der Waals surface area contributed by atoms with Gasteiger partial charge >= 0.3 is 6.03 Å². The van der Waals surface area contributed by atoms with Crippen LogP contribution in [0.1, 0.15) is 113 Å². The summed E-state index contributed by atoms with van der Waals surface area (Å²) in [5.41, 5.74) is 6.64. The number of nitrogens with zero attached hydrogens (tertiary/aromatic N) is 1. The molecule has 0 saturated heterocycles. The van der Waals surface area contributed by atoms with Crippen LogP contribution in [0.15, 0.2) is 48.5 Å². The number of carbonyl (C=O) groups excluding carboxylic acids is 1. The number of hydrogen-bond acceptors (Lipinski definition) is 3. The molecule has 3 aromatic carbocycles. The molecule has 0 spiro atoms. The summed E-state index contributed by atoms with van der Waals surface area (Å²) in [6.07, 6.45) is 6.85. The third-order valence-corrected chi connectivity index (χ3v) is 8.65. The smallest absolute Gasteiger partial charge is 0.322 e. The normalized spacial score (nSPS) is 14.7. The van der Waals surface area contributed by atoms with Crippen molar-refractivity contribution in [2.24, 2.45) is 0 Å². The first kappa shape index (κ1) is 32.4. The van der Waals surface area contributed by atoms with Crippen LogP contribution in [-0.4, -0.2) is 22.1 Å². The standard InChI is InChI=1S/C38H52N2O3/c1-25-20-26(2)34(27(3)21-25)39-36(42)40(29-14-12-10-11-13-15-29)24-28-16-18-30(19-17-28)43-31-22-32(37(4,5)6)35(41)33(23-31)38(7,8)9/h16-23,29,41H,10-15,24H2,1-9H3,(H,39,42). The lowest BCUT2D eigenvalue weighted by Crippen LogP contribution is -2.42. The Morgan fingerprint density at radius 3 is 1.81 bits per heavy atom. The van der Waals surface area contributed by atoms with Crippen molar-refractivity contribution >= 4 is 11.7 Å². The van der Waals surface area contributed by atoms with E-state index in [9.17, 15) is 9.90 Å². The van der Waals surface area contributed by atoms with Gasteiger partial charge in [-0.1, -0.05) is 97.1 Å². The van der Waals surface area contributed by atoms with Gasteiger partial charge in [-0.3, -0.25) is 0 Å². The summed E-state index contributed by atoms with van der Waals surface area (Å²) in [4.78, 5) is 15.9. The Kier molecular flexibility index (Phi) is 9.83. The van der Waals surface area contributed by atoms with E-state index < -0.39 is 0 Å². The summed E-state index contributed by atoms with van der Waals surface area (Å²) in [6, 6.07) is 16.4. The van der Waals surface area contributed by atoms with Crippen molar-refractivity contribution in [1.82, 2.24) is 4.90 Å². The molecule has 2 N–H and O–H groups in total. The van der Waals surface area contributed by atoms with Crippen LogP contribution in [0.5, 0.6) is 17.2 Å². The second-order valence-corrected chi connectivity index (χ2v) is 14.6. The molecule has 5 heteroatoms. The van der Waals surface area contributed by atoms with Gasteiger partial charge in [-0.2, -0.15) is 0 Å². The summed E-state index contributed by atoms with van der Waals surface area (Å²) in [5.74, 6) is 1.78. The van der Waals surface area contributed by atoms with Crippen molar-refractivity contribution in [1.29, 1.82) is 0 Å². The molecule has 232 valence electrons. The van der Waals surface area contributed by atoms with Crippen molar-refractivity contribution in [3.05, 3.63) is 81.9 Å². The van der Waals surface area contributed by atoms with Crippen molar-refractivity contribution in [3.8, 4) is 17.2 Å². The Morgan fingerprint density at radius 2 is 1.33 bits per heavy atom. The lowest BCUT2D eigenvalue weighted by molar-refractivity contribution is 0.175. The third-order valence-electron chi connectivity index (χ3n) is 8.65. The number of benzene rings is 3. The maximum Gasteiger partial charge on any atom is 0.322 e. The molecule has 0 unspecified atom stereocenters. The van der Waals surface area contributed by atoms with Crippen LogP contribution in [0.2, 0.25) is 0 Å². The molecular formula is C38H52N2O3. The molecule has 0 heterocycles. The number of amides is 2. The molecule has 43 heavy (non-hydrogen) atoms. The maximum absolute atomic E-state index is 13.8. The fourth-order valence-electron chi connectivity index (χ4n) is 6.30. The van der Waals surface area contributed by atoms with E-state index in [1.165, 1.54) is 18.4 Å². The predicted octanol–water partition coefficient (Wildman–Crippen LogP) is 10.5. The zero-order chi connectivity index (χ0) is 31.5. The van der Waals surface area contributed by atoms with Gasteiger partial charge < -0.3 is 20.1 Å². The van der Waals surface area contributed by atoms with E-state index in [1.807, 2.05) is 29.2 Å². The number of carbonyl (C=O) groups is 1. The minimum Gasteiger partial charge on any atom is -0.507 e. The largest absolute Gasteiger partial charge is 0.507 e. The molecule has 0 aliphatic heterocycles. The first-order chi connectivity index (χ1) is 20.1. The number of hydrogen-bond donors (Lipinski definition) is 2. The van der Waals surface area contributed by atoms with Gasteiger partial charge in [0.05, 0.1) is 0 Å². The lowest BCUT2D eigenvalue weighted by Gasteiger charge is -2.32. The van der Waals surface area contributed by atoms with E-state index in [0.29, 0.717) is 18.0 Å². The number of rotatable bonds is 6. The van der Waals surface area contributed by atoms with Gasteiger partial charge in [0.15, 0.2) is 0 Å². The fourth-order valence-corrected chi connectivity index (χ4v) is 6.30. The Balaban J connectivity index is 1.57. The maximum atomic E-state index is 13.8. The Morgan fingerprint density at radius 1 is 0.814 bits per heavy atom. The molecule has 0 radical (unpaired) electrons. The monoisotopic (exact) mass is 584 g/mol. The molecule has 1 fully saturated rings. The molecule has 3 aromatic rings. The van der Waals surface area contributed by atoms with Crippen LogP contribution >= 0.6 is 0 Å². The molecule has 1 aliphatic rings. The van der Waals surface area contributed by atoms with Crippen molar-refractivity contribution in [2.75, 3.05) is 5.32 Å². The van der Waals surface area contributed by atoms with E-state index in [0.717, 1.165) is 64.9 Å². The van der Waals surface area contributed by atoms with Crippen molar-refractivity contribution < 1.29 is 14.6 Å². The summed E-state index contributed by atoms with van der Waals surface area (Å²) in [7, 11) is 0. The van der Waals surface area contributed by atoms with Crippen LogP contribution in [-0.2, 0) is 17.4 Å². The molecule has 0 bridgehead atoms. The molecular weight excluding hydrogens is 532 g/mol. The van der Waals surface area contributed by atoms with E-state index in [2.05, 4.69) is 91.9 Å². The summed E-state index contributed by atoms with van der Waals surface area (Å²) < 4.78 is 6.36. The highest BCUT2D eigenvalue weighted by Crippen LogP contribution is 2.42. The van der Waals surface area contributed by atoms with Crippen LogP contribution in [0, 0.1) is 20.8 Å². The number of ether oxygens (including phenoxy) is 1. The molecule has 4 rings (SSSR count). The number of anilines is 1. The summed E-state index contributed by atoms with van der Waals surface area (Å²) >= 11 is 0. The SMILES string of the molecule is Cc1cc(C)c(NC(=O)N(Cc2ccc(Oc3cc(C(C)(C)C)c(O)c(C(C)(C)C)c3)cc2)C2CCCCCC2)c(C)c1. The average molecular weight is 585 g/mol. The van der Waals surface area contributed by atoms with Gasteiger partial charge in [-0.05, 0) is 85.4 Å². The average Bonchev–Trinajstić information content (AvgIpc) is 3.19. The number of phenols is 1. The molecule has 2 amide bonds.